The summed E-state index contributed by atoms with van der Waals surface area (Å²) in [5.41, 5.74) is 1.27. The number of para-hydroxylation sites is 1. The van der Waals surface area contributed by atoms with E-state index in [1.807, 2.05) is 49.9 Å². The minimum atomic E-state index is -0.800. The van der Waals surface area contributed by atoms with Gasteiger partial charge in [0.05, 0.1) is 18.6 Å². The first-order valence-corrected chi connectivity index (χ1v) is 12.4. The molecule has 37 heavy (non-hydrogen) atoms. The van der Waals surface area contributed by atoms with Crippen molar-refractivity contribution in [3.63, 3.8) is 0 Å². The van der Waals surface area contributed by atoms with Crippen LogP contribution in [0.2, 0.25) is 0 Å². The van der Waals surface area contributed by atoms with Crippen LogP contribution in [0.15, 0.2) is 48.5 Å². The van der Waals surface area contributed by atoms with Crippen molar-refractivity contribution < 1.29 is 18.8 Å². The van der Waals surface area contributed by atoms with Gasteiger partial charge in [0.2, 0.25) is 11.8 Å². The number of fused-ring (bicyclic) bond motifs is 1. The van der Waals surface area contributed by atoms with Crippen molar-refractivity contribution in [3.8, 4) is 0 Å². The molecule has 0 unspecified atom stereocenters. The summed E-state index contributed by atoms with van der Waals surface area (Å²) >= 11 is 0. The number of halogens is 1. The van der Waals surface area contributed by atoms with Crippen LogP contribution in [0.1, 0.15) is 36.8 Å². The van der Waals surface area contributed by atoms with E-state index in [0.717, 1.165) is 17.6 Å². The maximum atomic E-state index is 13.4. The van der Waals surface area contributed by atoms with Crippen LogP contribution in [0.3, 0.4) is 0 Å². The van der Waals surface area contributed by atoms with E-state index in [0.29, 0.717) is 38.1 Å². The lowest BCUT2D eigenvalue weighted by Crippen LogP contribution is -2.55. The number of carbonyl (C=O) groups is 3. The first kappa shape index (κ1) is 26.3. The molecule has 0 aliphatic carbocycles. The lowest BCUT2D eigenvalue weighted by atomic mass is 9.86. The highest BCUT2D eigenvalue weighted by molar-refractivity contribution is 6.06. The molecule has 0 saturated carbocycles. The molecule has 1 aromatic heterocycles. The number of carbonyl (C=O) groups excluding carboxylic acids is 3. The summed E-state index contributed by atoms with van der Waals surface area (Å²) in [5.74, 6) is -1.08. The van der Waals surface area contributed by atoms with E-state index < -0.39 is 17.4 Å². The molecule has 3 aromatic rings. The van der Waals surface area contributed by atoms with Crippen LogP contribution in [-0.2, 0) is 16.1 Å². The van der Waals surface area contributed by atoms with Gasteiger partial charge in [0.1, 0.15) is 11.9 Å². The Morgan fingerprint density at radius 3 is 2.57 bits per heavy atom. The van der Waals surface area contributed by atoms with E-state index >= 15 is 0 Å². The highest BCUT2D eigenvalue weighted by atomic mass is 19.1. The van der Waals surface area contributed by atoms with Gasteiger partial charge in [-0.15, -0.1) is 0 Å². The maximum absolute atomic E-state index is 13.4. The predicted molar refractivity (Wildman–Crippen MR) is 138 cm³/mol. The molecule has 1 saturated heterocycles. The Morgan fingerprint density at radius 1 is 1.14 bits per heavy atom. The highest BCUT2D eigenvalue weighted by Gasteiger charge is 2.34. The highest BCUT2D eigenvalue weighted by Crippen LogP contribution is 2.23. The monoisotopic (exact) mass is 508 g/mol. The summed E-state index contributed by atoms with van der Waals surface area (Å²) < 4.78 is 15.0. The zero-order valence-electron chi connectivity index (χ0n) is 21.4. The SMILES string of the molecule is CC(C)(C)[C@H](NC(=O)c1nn(Cc2ccc(F)cc2)c2ccccc12)C(=O)NCCN1CCNC(=O)C1. The molecule has 0 radical (unpaired) electrons. The van der Waals surface area contributed by atoms with Crippen LogP contribution in [0.25, 0.3) is 10.9 Å². The number of hydrogen-bond donors (Lipinski definition) is 3. The number of nitrogens with one attached hydrogen (secondary N) is 3. The number of piperazine rings is 1. The van der Waals surface area contributed by atoms with Crippen molar-refractivity contribution in [1.82, 2.24) is 30.6 Å². The van der Waals surface area contributed by atoms with Crippen LogP contribution in [0.4, 0.5) is 4.39 Å². The average molecular weight is 509 g/mol. The Morgan fingerprint density at radius 2 is 1.86 bits per heavy atom. The summed E-state index contributed by atoms with van der Waals surface area (Å²) in [6.45, 7) is 8.57. The van der Waals surface area contributed by atoms with Gasteiger partial charge in [-0.3, -0.25) is 24.0 Å². The topological polar surface area (TPSA) is 108 Å². The standard InChI is InChI=1S/C27H33FN6O3/c1-27(2,3)24(26(37)30-13-15-33-14-12-29-22(35)17-33)31-25(36)23-20-6-4-5-7-21(20)34(32-23)16-18-8-10-19(28)11-9-18/h4-11,24H,12-17H2,1-3H3,(H,29,35)(H,30,37)(H,31,36)/t24-/m1/s1. The van der Waals surface area contributed by atoms with Gasteiger partial charge in [-0.05, 0) is 29.2 Å². The molecular formula is C27H33FN6O3. The van der Waals surface area contributed by atoms with Crippen molar-refractivity contribution in [2.45, 2.75) is 33.4 Å². The van der Waals surface area contributed by atoms with E-state index in [1.54, 1.807) is 16.8 Å². The molecule has 3 amide bonds. The van der Waals surface area contributed by atoms with Crippen LogP contribution in [-0.4, -0.2) is 71.2 Å². The lowest BCUT2D eigenvalue weighted by Gasteiger charge is -2.31. The van der Waals surface area contributed by atoms with Gasteiger partial charge in [-0.2, -0.15) is 5.10 Å². The summed E-state index contributed by atoms with van der Waals surface area (Å²) in [5, 5.41) is 13.8. The van der Waals surface area contributed by atoms with E-state index in [-0.39, 0.29) is 23.3 Å². The molecule has 1 fully saturated rings. The van der Waals surface area contributed by atoms with E-state index in [4.69, 9.17) is 0 Å². The van der Waals surface area contributed by atoms with E-state index in [9.17, 15) is 18.8 Å². The summed E-state index contributed by atoms with van der Waals surface area (Å²) in [7, 11) is 0. The third kappa shape index (κ3) is 6.51. The second kappa shape index (κ2) is 11.1. The Balaban J connectivity index is 1.48. The number of nitrogens with zero attached hydrogens (tertiary/aromatic N) is 3. The molecular weight excluding hydrogens is 475 g/mol. The largest absolute Gasteiger partial charge is 0.354 e. The minimum Gasteiger partial charge on any atom is -0.354 e. The third-order valence-electron chi connectivity index (χ3n) is 6.37. The van der Waals surface area contributed by atoms with Gasteiger partial charge in [-0.25, -0.2) is 4.39 Å². The fourth-order valence-corrected chi connectivity index (χ4v) is 4.37. The molecule has 1 aliphatic heterocycles. The van der Waals surface area contributed by atoms with Crippen molar-refractivity contribution in [2.75, 3.05) is 32.7 Å². The van der Waals surface area contributed by atoms with Gasteiger partial charge in [0, 0.05) is 31.6 Å². The molecule has 0 spiro atoms. The molecule has 3 N–H and O–H groups in total. The number of benzene rings is 2. The zero-order valence-corrected chi connectivity index (χ0v) is 21.4. The van der Waals surface area contributed by atoms with Gasteiger partial charge >= 0.3 is 0 Å². The minimum absolute atomic E-state index is 0.0245. The van der Waals surface area contributed by atoms with Gasteiger partial charge in [0.25, 0.3) is 5.91 Å². The van der Waals surface area contributed by atoms with Crippen molar-refractivity contribution in [2.24, 2.45) is 5.41 Å². The lowest BCUT2D eigenvalue weighted by molar-refractivity contribution is -0.125. The molecule has 9 nitrogen and oxygen atoms in total. The molecule has 0 bridgehead atoms. The normalized spacial score (nSPS) is 15.3. The molecule has 1 aliphatic rings. The number of amides is 3. The van der Waals surface area contributed by atoms with Crippen LogP contribution in [0.5, 0.6) is 0 Å². The van der Waals surface area contributed by atoms with E-state index in [1.165, 1.54) is 12.1 Å². The second-order valence-electron chi connectivity index (χ2n) is 10.3. The van der Waals surface area contributed by atoms with Crippen molar-refractivity contribution in [1.29, 1.82) is 0 Å². The summed E-state index contributed by atoms with van der Waals surface area (Å²) in [6.07, 6.45) is 0. The number of rotatable bonds is 8. The Hall–Kier alpha value is -3.79. The fourth-order valence-electron chi connectivity index (χ4n) is 4.37. The first-order chi connectivity index (χ1) is 17.6. The first-order valence-electron chi connectivity index (χ1n) is 12.4. The number of aromatic nitrogens is 2. The molecule has 2 aromatic carbocycles. The summed E-state index contributed by atoms with van der Waals surface area (Å²) in [6, 6.07) is 12.7. The fraction of sp³-hybridized carbons (Fsp3) is 0.407. The smallest absolute Gasteiger partial charge is 0.273 e. The zero-order chi connectivity index (χ0) is 26.6. The van der Waals surface area contributed by atoms with Gasteiger partial charge in [0.15, 0.2) is 5.69 Å². The molecule has 196 valence electrons. The quantitative estimate of drug-likeness (QED) is 0.431. The van der Waals surface area contributed by atoms with Gasteiger partial charge in [-0.1, -0.05) is 51.1 Å². The van der Waals surface area contributed by atoms with Crippen LogP contribution >= 0.6 is 0 Å². The molecule has 2 heterocycles. The Labute approximate surface area is 215 Å². The van der Waals surface area contributed by atoms with Crippen LogP contribution in [0, 0.1) is 11.2 Å². The Kier molecular flexibility index (Phi) is 7.87. The average Bonchev–Trinajstić information content (AvgIpc) is 3.21. The third-order valence-corrected chi connectivity index (χ3v) is 6.37. The van der Waals surface area contributed by atoms with Crippen molar-refractivity contribution >= 4 is 28.6 Å². The molecule has 4 rings (SSSR count). The predicted octanol–water partition coefficient (Wildman–Crippen LogP) is 1.92. The maximum Gasteiger partial charge on any atom is 0.273 e. The Bertz CT molecular complexity index is 1280. The molecule has 1 atom stereocenters. The van der Waals surface area contributed by atoms with E-state index in [2.05, 4.69) is 21.0 Å². The van der Waals surface area contributed by atoms with Gasteiger partial charge < -0.3 is 16.0 Å². The summed E-state index contributed by atoms with van der Waals surface area (Å²) in [4.78, 5) is 40.1. The van der Waals surface area contributed by atoms with Crippen LogP contribution < -0.4 is 16.0 Å². The number of hydrogen-bond acceptors (Lipinski definition) is 5. The molecule has 10 heteroatoms. The van der Waals surface area contributed by atoms with Crippen molar-refractivity contribution in [3.05, 3.63) is 65.6 Å². The second-order valence-corrected chi connectivity index (χ2v) is 10.3.